The molecule has 1 heterocycles. The van der Waals surface area contributed by atoms with E-state index < -0.39 is 0 Å². The van der Waals surface area contributed by atoms with E-state index in [1.165, 1.54) is 37.1 Å². The van der Waals surface area contributed by atoms with Crippen LogP contribution in [0, 0.1) is 12.8 Å². The fraction of sp³-hybridized carbons (Fsp3) is 0.706. The van der Waals surface area contributed by atoms with E-state index in [1.807, 2.05) is 0 Å². The molecule has 0 aliphatic heterocycles. The van der Waals surface area contributed by atoms with Crippen LogP contribution in [0.5, 0.6) is 0 Å². The van der Waals surface area contributed by atoms with Crippen LogP contribution in [0.15, 0.2) is 12.3 Å². The first kappa shape index (κ1) is 15.3. The maximum atomic E-state index is 4.48. The van der Waals surface area contributed by atoms with Gasteiger partial charge in [0.05, 0.1) is 0 Å². The summed E-state index contributed by atoms with van der Waals surface area (Å²) in [6.07, 6.45) is 6.01. The van der Waals surface area contributed by atoms with Crippen molar-refractivity contribution in [2.75, 3.05) is 18.0 Å². The smallest absolute Gasteiger partial charge is 0.0448 e. The molecule has 3 heteroatoms. The van der Waals surface area contributed by atoms with Crippen molar-refractivity contribution in [1.82, 2.24) is 10.3 Å². The highest BCUT2D eigenvalue weighted by Gasteiger charge is 2.30. The molecular weight excluding hydrogens is 246 g/mol. The Hall–Kier alpha value is -1.09. The van der Waals surface area contributed by atoms with Crippen LogP contribution >= 0.6 is 0 Å². The molecule has 3 nitrogen and oxygen atoms in total. The van der Waals surface area contributed by atoms with E-state index in [9.17, 15) is 0 Å². The summed E-state index contributed by atoms with van der Waals surface area (Å²) in [7, 11) is 0. The number of nitrogens with one attached hydrogen (secondary N) is 1. The van der Waals surface area contributed by atoms with Gasteiger partial charge in [0.1, 0.15) is 0 Å². The van der Waals surface area contributed by atoms with Crippen LogP contribution in [0.2, 0.25) is 0 Å². The molecule has 1 saturated carbocycles. The van der Waals surface area contributed by atoms with E-state index in [1.54, 1.807) is 0 Å². The average molecular weight is 275 g/mol. The van der Waals surface area contributed by atoms with Gasteiger partial charge in [-0.05, 0) is 44.7 Å². The number of hydrogen-bond donors (Lipinski definition) is 1. The molecule has 1 N–H and O–H groups in total. The molecule has 20 heavy (non-hydrogen) atoms. The number of pyridine rings is 1. The summed E-state index contributed by atoms with van der Waals surface area (Å²) in [4.78, 5) is 7.11. The number of nitrogens with zero attached hydrogens (tertiary/aromatic N) is 2. The minimum Gasteiger partial charge on any atom is -0.368 e. The number of hydrogen-bond acceptors (Lipinski definition) is 3. The van der Waals surface area contributed by atoms with Gasteiger partial charge >= 0.3 is 0 Å². The fourth-order valence-electron chi connectivity index (χ4n) is 2.52. The topological polar surface area (TPSA) is 28.2 Å². The van der Waals surface area contributed by atoms with Crippen molar-refractivity contribution in [2.24, 2.45) is 5.92 Å². The summed E-state index contributed by atoms with van der Waals surface area (Å²) < 4.78 is 0. The standard InChI is InChI=1S/C17H29N3/c1-5-18-11-15-12-19-14(4)10-17(15)20(16-6-7-16)9-8-13(2)3/h10,12-13,16,18H,5-9,11H2,1-4H3. The fourth-order valence-corrected chi connectivity index (χ4v) is 2.52. The summed E-state index contributed by atoms with van der Waals surface area (Å²) >= 11 is 0. The van der Waals surface area contributed by atoms with Crippen LogP contribution in [-0.2, 0) is 6.54 Å². The van der Waals surface area contributed by atoms with E-state index >= 15 is 0 Å². The highest BCUT2D eigenvalue weighted by Crippen LogP contribution is 2.34. The van der Waals surface area contributed by atoms with Gasteiger partial charge in [-0.25, -0.2) is 0 Å². The van der Waals surface area contributed by atoms with Gasteiger partial charge in [0.15, 0.2) is 0 Å². The Balaban J connectivity index is 2.18. The van der Waals surface area contributed by atoms with Crippen molar-refractivity contribution in [3.8, 4) is 0 Å². The number of aryl methyl sites for hydroxylation is 1. The Bertz CT molecular complexity index is 424. The lowest BCUT2D eigenvalue weighted by molar-refractivity contribution is 0.569. The lowest BCUT2D eigenvalue weighted by atomic mass is 10.1. The lowest BCUT2D eigenvalue weighted by Crippen LogP contribution is -2.29. The maximum absolute atomic E-state index is 4.48. The predicted molar refractivity (Wildman–Crippen MR) is 86.2 cm³/mol. The van der Waals surface area contributed by atoms with Crippen molar-refractivity contribution in [3.63, 3.8) is 0 Å². The monoisotopic (exact) mass is 275 g/mol. The molecule has 0 atom stereocenters. The second-order valence-corrected chi connectivity index (χ2v) is 6.34. The minimum absolute atomic E-state index is 0.760. The minimum atomic E-state index is 0.760. The first-order chi connectivity index (χ1) is 9.61. The Morgan fingerprint density at radius 2 is 2.15 bits per heavy atom. The SMILES string of the molecule is CCNCc1cnc(C)cc1N(CCC(C)C)C1CC1. The van der Waals surface area contributed by atoms with Gasteiger partial charge in [-0.1, -0.05) is 20.8 Å². The molecule has 0 saturated heterocycles. The van der Waals surface area contributed by atoms with Crippen LogP contribution in [0.4, 0.5) is 5.69 Å². The Morgan fingerprint density at radius 1 is 1.40 bits per heavy atom. The van der Waals surface area contributed by atoms with Gasteiger partial charge in [-0.3, -0.25) is 4.98 Å². The first-order valence-corrected chi connectivity index (χ1v) is 8.04. The summed E-state index contributed by atoms with van der Waals surface area (Å²) in [6, 6.07) is 3.03. The molecule has 0 radical (unpaired) electrons. The summed E-state index contributed by atoms with van der Waals surface area (Å²) in [5.74, 6) is 0.761. The van der Waals surface area contributed by atoms with E-state index in [2.05, 4.69) is 55.2 Å². The van der Waals surface area contributed by atoms with Gasteiger partial charge in [0, 0.05) is 42.3 Å². The van der Waals surface area contributed by atoms with Crippen LogP contribution in [0.1, 0.15) is 51.3 Å². The first-order valence-electron chi connectivity index (χ1n) is 8.04. The average Bonchev–Trinajstić information content (AvgIpc) is 3.22. The molecule has 0 amide bonds. The quantitative estimate of drug-likeness (QED) is 0.787. The lowest BCUT2D eigenvalue weighted by Gasteiger charge is -2.28. The third kappa shape index (κ3) is 4.20. The van der Waals surface area contributed by atoms with E-state index in [-0.39, 0.29) is 0 Å². The maximum Gasteiger partial charge on any atom is 0.0448 e. The predicted octanol–water partition coefficient (Wildman–Crippen LogP) is 3.51. The molecule has 112 valence electrons. The van der Waals surface area contributed by atoms with Crippen molar-refractivity contribution < 1.29 is 0 Å². The van der Waals surface area contributed by atoms with Gasteiger partial charge in [-0.2, -0.15) is 0 Å². The molecule has 0 unspecified atom stereocenters. The molecule has 1 aromatic heterocycles. The van der Waals surface area contributed by atoms with Gasteiger partial charge in [0.2, 0.25) is 0 Å². The Labute approximate surface area is 123 Å². The molecule has 1 aromatic rings. The zero-order chi connectivity index (χ0) is 14.5. The van der Waals surface area contributed by atoms with Crippen LogP contribution < -0.4 is 10.2 Å². The van der Waals surface area contributed by atoms with E-state index in [4.69, 9.17) is 0 Å². The van der Waals surface area contributed by atoms with E-state index in [0.717, 1.165) is 30.7 Å². The van der Waals surface area contributed by atoms with Crippen LogP contribution in [-0.4, -0.2) is 24.1 Å². The molecule has 1 fully saturated rings. The van der Waals surface area contributed by atoms with Crippen molar-refractivity contribution in [2.45, 2.75) is 59.5 Å². The van der Waals surface area contributed by atoms with Gasteiger partial charge in [0.25, 0.3) is 0 Å². The summed E-state index contributed by atoms with van der Waals surface area (Å²) in [6.45, 7) is 12.0. The second-order valence-electron chi connectivity index (χ2n) is 6.34. The molecule has 2 rings (SSSR count). The third-order valence-electron chi connectivity index (χ3n) is 3.91. The highest BCUT2D eigenvalue weighted by atomic mass is 15.2. The second kappa shape index (κ2) is 7.07. The Morgan fingerprint density at radius 3 is 2.75 bits per heavy atom. The number of rotatable bonds is 8. The molecule has 0 spiro atoms. The molecular formula is C17H29N3. The van der Waals surface area contributed by atoms with Crippen molar-refractivity contribution >= 4 is 5.69 Å². The van der Waals surface area contributed by atoms with E-state index in [0.29, 0.717) is 0 Å². The zero-order valence-electron chi connectivity index (χ0n) is 13.4. The molecule has 0 bridgehead atoms. The molecule has 1 aliphatic carbocycles. The van der Waals surface area contributed by atoms with Crippen LogP contribution in [0.3, 0.4) is 0 Å². The summed E-state index contributed by atoms with van der Waals surface area (Å²) in [5, 5.41) is 3.44. The largest absolute Gasteiger partial charge is 0.368 e. The summed E-state index contributed by atoms with van der Waals surface area (Å²) in [5.41, 5.74) is 3.87. The highest BCUT2D eigenvalue weighted by molar-refractivity contribution is 5.55. The normalized spacial score (nSPS) is 14.8. The van der Waals surface area contributed by atoms with Gasteiger partial charge in [-0.15, -0.1) is 0 Å². The number of anilines is 1. The van der Waals surface area contributed by atoms with Crippen molar-refractivity contribution in [1.29, 1.82) is 0 Å². The number of aromatic nitrogens is 1. The van der Waals surface area contributed by atoms with Gasteiger partial charge < -0.3 is 10.2 Å². The van der Waals surface area contributed by atoms with Crippen LogP contribution in [0.25, 0.3) is 0 Å². The zero-order valence-corrected chi connectivity index (χ0v) is 13.4. The Kier molecular flexibility index (Phi) is 5.41. The van der Waals surface area contributed by atoms with Crippen molar-refractivity contribution in [3.05, 3.63) is 23.5 Å². The molecule has 0 aromatic carbocycles. The third-order valence-corrected chi connectivity index (χ3v) is 3.91. The molecule has 1 aliphatic rings.